The summed E-state index contributed by atoms with van der Waals surface area (Å²) < 4.78 is 32.3. The van der Waals surface area contributed by atoms with Crippen LogP contribution in [0.4, 0.5) is 4.79 Å². The van der Waals surface area contributed by atoms with E-state index in [0.29, 0.717) is 50.6 Å². The maximum absolute atomic E-state index is 14.2. The molecule has 7 atom stereocenters. The topological polar surface area (TPSA) is 129 Å². The summed E-state index contributed by atoms with van der Waals surface area (Å²) in [6.07, 6.45) is 24.8. The Balaban J connectivity index is 1.52. The summed E-state index contributed by atoms with van der Waals surface area (Å²) in [5.74, 6) is -0.244. The van der Waals surface area contributed by atoms with Gasteiger partial charge in [0, 0.05) is 44.6 Å². The van der Waals surface area contributed by atoms with Crippen LogP contribution in [0.3, 0.4) is 0 Å². The third-order valence-corrected chi connectivity index (χ3v) is 12.9. The second-order valence-corrected chi connectivity index (χ2v) is 17.2. The third kappa shape index (κ3) is 12.6. The van der Waals surface area contributed by atoms with E-state index in [1.165, 1.54) is 44.9 Å². The Bertz CT molecular complexity index is 1530. The molecule has 0 bridgehead atoms. The Morgan fingerprint density at radius 3 is 2.33 bits per heavy atom. The highest BCUT2D eigenvalue weighted by molar-refractivity contribution is 6.02. The highest BCUT2D eigenvalue weighted by Crippen LogP contribution is 2.62. The number of carbonyl (C=O) groups excluding carboxylic acids is 1. The molecule has 7 unspecified atom stereocenters. The maximum Gasteiger partial charge on any atom is 0.409 e. The first-order valence-electron chi connectivity index (χ1n) is 23.4. The molecule has 1 amide bonds. The lowest BCUT2D eigenvalue weighted by atomic mass is 9.55. The number of benzene rings is 1. The Kier molecular flexibility index (Phi) is 20.3. The normalized spacial score (nSPS) is 26.3. The Hall–Kier alpha value is -3.38. The summed E-state index contributed by atoms with van der Waals surface area (Å²) in [5.41, 5.74) is 2.73. The lowest BCUT2D eigenvalue weighted by molar-refractivity contribution is -0.254. The zero-order chi connectivity index (χ0) is 42.6. The number of rotatable bonds is 28. The van der Waals surface area contributed by atoms with E-state index >= 15 is 0 Å². The number of nitrogens with zero attached hydrogens (tertiary/aromatic N) is 2. The smallest absolute Gasteiger partial charge is 0.409 e. The molecule has 0 aromatic heterocycles. The van der Waals surface area contributed by atoms with Crippen LogP contribution in [0.25, 0.3) is 0 Å². The number of hydrogen-bond donors (Lipinski definition) is 2. The number of aliphatic hydroxyl groups excluding tert-OH is 2. The fourth-order valence-corrected chi connectivity index (χ4v) is 9.87. The number of carbonyl (C=O) groups is 1. The molecular weight excluding hydrogens is 761 g/mol. The minimum absolute atomic E-state index is 0.115. The number of ether oxygens (including phenoxy) is 5. The number of hydrogen-bond acceptors (Lipinski definition) is 10. The van der Waals surface area contributed by atoms with E-state index in [9.17, 15) is 15.0 Å². The van der Waals surface area contributed by atoms with Crippen molar-refractivity contribution in [1.29, 1.82) is 0 Å². The second-order valence-electron chi connectivity index (χ2n) is 17.2. The van der Waals surface area contributed by atoms with E-state index in [1.54, 1.807) is 24.1 Å². The van der Waals surface area contributed by atoms with Crippen molar-refractivity contribution in [2.45, 2.75) is 159 Å². The number of aliphatic hydroxyl groups is 2. The quantitative estimate of drug-likeness (QED) is 0.0481. The van der Waals surface area contributed by atoms with Crippen molar-refractivity contribution in [3.05, 3.63) is 60.7 Å². The monoisotopic (exact) mass is 837 g/mol. The van der Waals surface area contributed by atoms with Gasteiger partial charge in [-0.2, -0.15) is 0 Å². The van der Waals surface area contributed by atoms with Gasteiger partial charge in [-0.05, 0) is 80.6 Å². The number of likely N-dealkylation sites (N-methyl/N-ethyl adjacent to an activating group) is 1. The molecule has 2 aliphatic carbocycles. The molecule has 11 nitrogen and oxygen atoms in total. The van der Waals surface area contributed by atoms with E-state index in [0.717, 1.165) is 81.1 Å². The summed E-state index contributed by atoms with van der Waals surface area (Å²) in [4.78, 5) is 22.0. The Labute approximate surface area is 360 Å². The minimum atomic E-state index is -1.34. The van der Waals surface area contributed by atoms with Gasteiger partial charge in [-0.15, -0.1) is 6.58 Å². The standard InChI is InChI=1S/C49H76N2O9/c1-5-8-9-10-11-12-13-14-15-21-33-57-48(54)51(4)44-36-42(50-60-45-25-18-22-32-56-45)40-34-37(23-16-19-28-52)39(24-17-20-29-53)46-41-35-38(55-30-6-2)26-27-43(41)59-49(44,47(40)46)58-31-7-3/h6-7,26-27,34-35,37,39,44-47,52-53H,2-3,5,8-25,28-33,36H2,1,4H3. The predicted octanol–water partition coefficient (Wildman–Crippen LogP) is 10.4. The van der Waals surface area contributed by atoms with Crippen LogP contribution in [0.2, 0.25) is 0 Å². The van der Waals surface area contributed by atoms with Gasteiger partial charge in [0.2, 0.25) is 12.1 Å². The molecule has 1 saturated heterocycles. The number of oxime groups is 1. The molecule has 336 valence electrons. The molecule has 5 rings (SSSR count). The first-order valence-corrected chi connectivity index (χ1v) is 23.4. The Morgan fingerprint density at radius 1 is 0.933 bits per heavy atom. The van der Waals surface area contributed by atoms with Gasteiger partial charge >= 0.3 is 6.09 Å². The number of amides is 1. The van der Waals surface area contributed by atoms with Gasteiger partial charge < -0.3 is 43.6 Å². The van der Waals surface area contributed by atoms with Gasteiger partial charge in [-0.3, -0.25) is 0 Å². The predicted molar refractivity (Wildman–Crippen MR) is 236 cm³/mol. The average Bonchev–Trinajstić information content (AvgIpc) is 3.27. The summed E-state index contributed by atoms with van der Waals surface area (Å²) >= 11 is 0. The fourth-order valence-electron chi connectivity index (χ4n) is 9.87. The fraction of sp³-hybridized carbons (Fsp3) is 0.714. The average molecular weight is 837 g/mol. The first kappa shape index (κ1) is 47.7. The second kappa shape index (κ2) is 25.5. The van der Waals surface area contributed by atoms with Crippen LogP contribution < -0.4 is 9.47 Å². The lowest BCUT2D eigenvalue weighted by Gasteiger charge is -2.59. The Morgan fingerprint density at radius 2 is 1.65 bits per heavy atom. The van der Waals surface area contributed by atoms with Crippen LogP contribution in [0.5, 0.6) is 11.5 Å². The molecule has 2 fully saturated rings. The summed E-state index contributed by atoms with van der Waals surface area (Å²) in [6, 6.07) is 5.31. The van der Waals surface area contributed by atoms with E-state index < -0.39 is 30.1 Å². The van der Waals surface area contributed by atoms with Crippen molar-refractivity contribution >= 4 is 11.8 Å². The number of fused-ring (bicyclic) bond motifs is 2. The molecule has 1 saturated carbocycles. The van der Waals surface area contributed by atoms with Crippen molar-refractivity contribution in [3.8, 4) is 11.5 Å². The molecule has 4 aliphatic rings. The maximum atomic E-state index is 14.2. The van der Waals surface area contributed by atoms with Crippen molar-refractivity contribution < 1.29 is 43.5 Å². The zero-order valence-electron chi connectivity index (χ0n) is 36.9. The van der Waals surface area contributed by atoms with Crippen LogP contribution in [-0.2, 0) is 19.0 Å². The first-order chi connectivity index (χ1) is 29.4. The molecule has 11 heteroatoms. The van der Waals surface area contributed by atoms with Crippen LogP contribution in [0, 0.1) is 17.8 Å². The SMILES string of the molecule is C=CCOc1ccc2c(c1)C1C(CCCCO)C(CCCCO)C=C3C(=NOC4CCCCO4)CC(N(C)C(=O)OCCCCCCCCCCCC)C(OCC=C)(O2)C31. The van der Waals surface area contributed by atoms with E-state index in [2.05, 4.69) is 32.2 Å². The molecule has 0 radical (unpaired) electrons. The highest BCUT2D eigenvalue weighted by atomic mass is 16.8. The van der Waals surface area contributed by atoms with E-state index in [4.69, 9.17) is 33.7 Å². The minimum Gasteiger partial charge on any atom is -0.490 e. The van der Waals surface area contributed by atoms with Crippen molar-refractivity contribution in [1.82, 2.24) is 4.90 Å². The van der Waals surface area contributed by atoms with Crippen LogP contribution in [-0.4, -0.2) is 91.7 Å². The van der Waals surface area contributed by atoms with Crippen molar-refractivity contribution in [2.75, 3.05) is 46.7 Å². The molecule has 1 aromatic carbocycles. The molecule has 0 spiro atoms. The van der Waals surface area contributed by atoms with Crippen molar-refractivity contribution in [3.63, 3.8) is 0 Å². The van der Waals surface area contributed by atoms with Crippen LogP contribution in [0.15, 0.2) is 60.3 Å². The highest BCUT2D eigenvalue weighted by Gasteiger charge is 2.65. The summed E-state index contributed by atoms with van der Waals surface area (Å²) in [7, 11) is 1.78. The third-order valence-electron chi connectivity index (χ3n) is 12.9. The lowest BCUT2D eigenvalue weighted by Crippen LogP contribution is -2.69. The van der Waals surface area contributed by atoms with Gasteiger partial charge in [0.1, 0.15) is 24.1 Å². The molecule has 2 N–H and O–H groups in total. The van der Waals surface area contributed by atoms with Gasteiger partial charge in [0.25, 0.3) is 0 Å². The molecule has 2 aliphatic heterocycles. The van der Waals surface area contributed by atoms with Gasteiger partial charge in [-0.25, -0.2) is 4.79 Å². The molecular formula is C49H76N2O9. The van der Waals surface area contributed by atoms with Gasteiger partial charge in [0.15, 0.2) is 0 Å². The van der Waals surface area contributed by atoms with Crippen LogP contribution in [0.1, 0.15) is 147 Å². The number of unbranched alkanes of at least 4 members (excludes halogenated alkanes) is 11. The molecule has 60 heavy (non-hydrogen) atoms. The van der Waals surface area contributed by atoms with E-state index in [1.807, 2.05) is 12.1 Å². The van der Waals surface area contributed by atoms with Gasteiger partial charge in [-0.1, -0.05) is 108 Å². The largest absolute Gasteiger partial charge is 0.490 e. The van der Waals surface area contributed by atoms with Gasteiger partial charge in [0.05, 0.1) is 31.5 Å². The number of allylic oxidation sites excluding steroid dienone is 1. The summed E-state index contributed by atoms with van der Waals surface area (Å²) in [5, 5.41) is 24.6. The van der Waals surface area contributed by atoms with Crippen molar-refractivity contribution in [2.24, 2.45) is 22.9 Å². The van der Waals surface area contributed by atoms with Crippen LogP contribution >= 0.6 is 0 Å². The zero-order valence-corrected chi connectivity index (χ0v) is 36.9. The van der Waals surface area contributed by atoms with E-state index in [-0.39, 0.29) is 37.6 Å². The summed E-state index contributed by atoms with van der Waals surface area (Å²) in [6.45, 7) is 11.9. The molecule has 2 heterocycles. The molecule has 1 aromatic rings.